The first-order chi connectivity index (χ1) is 9.02. The first-order valence-electron chi connectivity index (χ1n) is 5.96. The van der Waals surface area contributed by atoms with Gasteiger partial charge in [0.1, 0.15) is 11.4 Å². The summed E-state index contributed by atoms with van der Waals surface area (Å²) in [6, 6.07) is 7.62. The Balaban J connectivity index is 2.52. The third kappa shape index (κ3) is 2.54. The van der Waals surface area contributed by atoms with E-state index < -0.39 is 11.5 Å². The van der Waals surface area contributed by atoms with Gasteiger partial charge in [0.2, 0.25) is 0 Å². The number of nitrogens with zero attached hydrogens (tertiary/aromatic N) is 1. The lowest BCUT2D eigenvalue weighted by Crippen LogP contribution is -2.21. The maximum absolute atomic E-state index is 11.7. The minimum Gasteiger partial charge on any atom is -0.477 e. The molecule has 2 aromatic rings. The van der Waals surface area contributed by atoms with Crippen LogP contribution in [-0.4, -0.2) is 21.0 Å². The fraction of sp³-hybridized carbons (Fsp3) is 0.214. The van der Waals surface area contributed by atoms with Crippen molar-refractivity contribution in [2.45, 2.75) is 20.3 Å². The van der Waals surface area contributed by atoms with E-state index in [9.17, 15) is 9.59 Å². The summed E-state index contributed by atoms with van der Waals surface area (Å²) < 4.78 is 0. The zero-order chi connectivity index (χ0) is 14.0. The van der Waals surface area contributed by atoms with E-state index in [1.165, 1.54) is 12.5 Å². The Bertz CT molecular complexity index is 672. The molecule has 0 atom stereocenters. The highest BCUT2D eigenvalue weighted by Crippen LogP contribution is 2.15. The molecular weight excluding hydrogens is 244 g/mol. The summed E-state index contributed by atoms with van der Waals surface area (Å²) in [6.45, 7) is 3.57. The smallest absolute Gasteiger partial charge is 0.343 e. The molecule has 0 bridgehead atoms. The average molecular weight is 258 g/mol. The zero-order valence-corrected chi connectivity index (χ0v) is 10.7. The fourth-order valence-corrected chi connectivity index (χ4v) is 1.87. The molecule has 2 rings (SSSR count). The number of hydrogen-bond donors (Lipinski definition) is 2. The second-order valence-corrected chi connectivity index (χ2v) is 4.23. The molecule has 1 aromatic heterocycles. The molecule has 0 aliphatic carbocycles. The van der Waals surface area contributed by atoms with Crippen molar-refractivity contribution < 1.29 is 9.90 Å². The molecule has 0 amide bonds. The third-order valence-corrected chi connectivity index (χ3v) is 2.95. The lowest BCUT2D eigenvalue weighted by Gasteiger charge is -2.05. The molecule has 0 saturated heterocycles. The molecule has 0 aliphatic heterocycles. The van der Waals surface area contributed by atoms with Crippen LogP contribution in [0.3, 0.4) is 0 Å². The van der Waals surface area contributed by atoms with Crippen molar-refractivity contribution >= 4 is 5.97 Å². The summed E-state index contributed by atoms with van der Waals surface area (Å²) in [7, 11) is 0. The summed E-state index contributed by atoms with van der Waals surface area (Å²) in [6.07, 6.45) is 0.932. The summed E-state index contributed by atoms with van der Waals surface area (Å²) in [5, 5.41) is 8.92. The zero-order valence-electron chi connectivity index (χ0n) is 10.7. The lowest BCUT2D eigenvalue weighted by molar-refractivity contribution is 0.0693. The van der Waals surface area contributed by atoms with Gasteiger partial charge in [0.05, 0.1) is 5.69 Å². The summed E-state index contributed by atoms with van der Waals surface area (Å²) in [5.74, 6) is -0.880. The number of carboxylic acids is 1. The summed E-state index contributed by atoms with van der Waals surface area (Å²) in [5.41, 5.74) is 1.22. The van der Waals surface area contributed by atoms with E-state index in [0.29, 0.717) is 5.82 Å². The molecule has 0 unspecified atom stereocenters. The van der Waals surface area contributed by atoms with Gasteiger partial charge in [-0.25, -0.2) is 9.78 Å². The van der Waals surface area contributed by atoms with Crippen LogP contribution < -0.4 is 5.56 Å². The van der Waals surface area contributed by atoms with Crippen LogP contribution in [0.5, 0.6) is 0 Å². The minimum absolute atomic E-state index is 0.214. The number of aryl methyl sites for hydroxylation is 2. The maximum Gasteiger partial charge on any atom is 0.343 e. The predicted molar refractivity (Wildman–Crippen MR) is 71.4 cm³/mol. The quantitative estimate of drug-likeness (QED) is 0.882. The van der Waals surface area contributed by atoms with Crippen molar-refractivity contribution in [1.29, 1.82) is 0 Å². The fourth-order valence-electron chi connectivity index (χ4n) is 1.87. The molecule has 19 heavy (non-hydrogen) atoms. The van der Waals surface area contributed by atoms with Gasteiger partial charge in [0.15, 0.2) is 0 Å². The highest BCUT2D eigenvalue weighted by atomic mass is 16.4. The molecule has 0 fully saturated rings. The number of carboxylic acid groups (broad SMARTS) is 1. The SMILES string of the molecule is CCc1ccc(-c2nc(C)c(C(=O)O)c(=O)[nH]2)cc1. The van der Waals surface area contributed by atoms with Crippen molar-refractivity contribution in [1.82, 2.24) is 9.97 Å². The molecule has 1 aromatic carbocycles. The van der Waals surface area contributed by atoms with E-state index in [-0.39, 0.29) is 11.3 Å². The van der Waals surface area contributed by atoms with Gasteiger partial charge in [0, 0.05) is 5.56 Å². The third-order valence-electron chi connectivity index (χ3n) is 2.95. The van der Waals surface area contributed by atoms with Gasteiger partial charge >= 0.3 is 5.97 Å². The normalized spacial score (nSPS) is 10.4. The van der Waals surface area contributed by atoms with Gasteiger partial charge in [-0.2, -0.15) is 0 Å². The van der Waals surface area contributed by atoms with Crippen LogP contribution in [-0.2, 0) is 6.42 Å². The number of aromatic amines is 1. The Morgan fingerprint density at radius 2 is 1.95 bits per heavy atom. The van der Waals surface area contributed by atoms with Crippen molar-refractivity contribution in [2.24, 2.45) is 0 Å². The standard InChI is InChI=1S/C14H14N2O3/c1-3-9-4-6-10(7-5-9)12-15-8(2)11(14(18)19)13(17)16-12/h4-7H,3H2,1-2H3,(H,18,19)(H,15,16,17). The Labute approximate surface area is 110 Å². The van der Waals surface area contributed by atoms with Gasteiger partial charge < -0.3 is 10.1 Å². The van der Waals surface area contributed by atoms with E-state index in [2.05, 4.69) is 16.9 Å². The molecule has 98 valence electrons. The first-order valence-corrected chi connectivity index (χ1v) is 5.96. The minimum atomic E-state index is -1.26. The van der Waals surface area contributed by atoms with Crippen molar-refractivity contribution in [3.05, 3.63) is 51.4 Å². The Morgan fingerprint density at radius 1 is 1.32 bits per heavy atom. The van der Waals surface area contributed by atoms with E-state index in [1.54, 1.807) is 0 Å². The Morgan fingerprint density at radius 3 is 2.42 bits per heavy atom. The number of benzene rings is 1. The molecule has 2 N–H and O–H groups in total. The molecule has 0 spiro atoms. The Kier molecular flexibility index (Phi) is 3.46. The van der Waals surface area contributed by atoms with Crippen LogP contribution in [0.4, 0.5) is 0 Å². The van der Waals surface area contributed by atoms with Crippen molar-refractivity contribution in [2.75, 3.05) is 0 Å². The van der Waals surface area contributed by atoms with Crippen LogP contribution in [0.2, 0.25) is 0 Å². The molecule has 0 saturated carbocycles. The first kappa shape index (κ1) is 13.0. The number of aromatic nitrogens is 2. The van der Waals surface area contributed by atoms with Crippen LogP contribution in [0.15, 0.2) is 29.1 Å². The highest BCUT2D eigenvalue weighted by Gasteiger charge is 2.15. The maximum atomic E-state index is 11.7. The summed E-state index contributed by atoms with van der Waals surface area (Å²) >= 11 is 0. The molecule has 5 nitrogen and oxygen atoms in total. The van der Waals surface area contributed by atoms with Gasteiger partial charge in [-0.05, 0) is 18.9 Å². The Hall–Kier alpha value is -2.43. The topological polar surface area (TPSA) is 83.0 Å². The summed E-state index contributed by atoms with van der Waals surface area (Å²) in [4.78, 5) is 29.3. The van der Waals surface area contributed by atoms with Crippen molar-refractivity contribution in [3.63, 3.8) is 0 Å². The van der Waals surface area contributed by atoms with Gasteiger partial charge in [-0.1, -0.05) is 31.2 Å². The second kappa shape index (κ2) is 5.06. The number of nitrogens with one attached hydrogen (secondary N) is 1. The number of rotatable bonds is 3. The van der Waals surface area contributed by atoms with Crippen molar-refractivity contribution in [3.8, 4) is 11.4 Å². The monoisotopic (exact) mass is 258 g/mol. The second-order valence-electron chi connectivity index (χ2n) is 4.23. The largest absolute Gasteiger partial charge is 0.477 e. The van der Waals surface area contributed by atoms with Crippen LogP contribution in [0, 0.1) is 6.92 Å². The van der Waals surface area contributed by atoms with Crippen LogP contribution in [0.25, 0.3) is 11.4 Å². The number of carbonyl (C=O) groups is 1. The number of H-pyrrole nitrogens is 1. The molecule has 0 aliphatic rings. The van der Waals surface area contributed by atoms with Gasteiger partial charge in [-0.3, -0.25) is 4.79 Å². The van der Waals surface area contributed by atoms with E-state index in [1.807, 2.05) is 24.3 Å². The molecule has 5 heteroatoms. The van der Waals surface area contributed by atoms with Gasteiger partial charge in [0.25, 0.3) is 5.56 Å². The van der Waals surface area contributed by atoms with E-state index >= 15 is 0 Å². The molecule has 1 heterocycles. The highest BCUT2D eigenvalue weighted by molar-refractivity contribution is 5.88. The van der Waals surface area contributed by atoms with E-state index in [4.69, 9.17) is 5.11 Å². The number of hydrogen-bond acceptors (Lipinski definition) is 3. The lowest BCUT2D eigenvalue weighted by atomic mass is 10.1. The van der Waals surface area contributed by atoms with Crippen LogP contribution >= 0.6 is 0 Å². The van der Waals surface area contributed by atoms with E-state index in [0.717, 1.165) is 12.0 Å². The molecule has 0 radical (unpaired) electrons. The number of aromatic carboxylic acids is 1. The van der Waals surface area contributed by atoms with Crippen LogP contribution in [0.1, 0.15) is 28.5 Å². The van der Waals surface area contributed by atoms with Gasteiger partial charge in [-0.15, -0.1) is 0 Å². The molecular formula is C14H14N2O3. The average Bonchev–Trinajstić information content (AvgIpc) is 2.37. The predicted octanol–water partition coefficient (Wildman–Crippen LogP) is 2.01.